The standard InChI is InChI=1S/C22H18FN3O2S/c1-26(19-8-3-2-4-9-19)21(28)16-6-5-7-18(14-16)24-22(29)25-20(27)15-10-12-17(23)13-11-15/h2-14H,1H3,(H2,24,25,27,29). The summed E-state index contributed by atoms with van der Waals surface area (Å²) in [5.74, 6) is -1.07. The van der Waals surface area contributed by atoms with Gasteiger partial charge in [0.05, 0.1) is 0 Å². The molecule has 0 aliphatic rings. The first kappa shape index (κ1) is 20.2. The van der Waals surface area contributed by atoms with Gasteiger partial charge in [-0.25, -0.2) is 4.39 Å². The van der Waals surface area contributed by atoms with Gasteiger partial charge < -0.3 is 10.2 Å². The van der Waals surface area contributed by atoms with E-state index in [4.69, 9.17) is 12.2 Å². The maximum absolute atomic E-state index is 13.0. The van der Waals surface area contributed by atoms with Crippen molar-refractivity contribution in [2.45, 2.75) is 0 Å². The molecule has 2 amide bonds. The zero-order valence-electron chi connectivity index (χ0n) is 15.6. The van der Waals surface area contributed by atoms with Crippen molar-refractivity contribution in [1.29, 1.82) is 0 Å². The van der Waals surface area contributed by atoms with E-state index in [-0.39, 0.29) is 16.6 Å². The van der Waals surface area contributed by atoms with E-state index in [1.54, 1.807) is 36.2 Å². The predicted molar refractivity (Wildman–Crippen MR) is 116 cm³/mol. The number of anilines is 2. The Morgan fingerprint density at radius 3 is 2.28 bits per heavy atom. The number of hydrogen-bond donors (Lipinski definition) is 2. The number of rotatable bonds is 4. The van der Waals surface area contributed by atoms with Crippen LogP contribution < -0.4 is 15.5 Å². The van der Waals surface area contributed by atoms with Crippen LogP contribution in [-0.4, -0.2) is 24.0 Å². The molecule has 7 heteroatoms. The van der Waals surface area contributed by atoms with E-state index in [1.807, 2.05) is 30.3 Å². The van der Waals surface area contributed by atoms with Crippen molar-refractivity contribution >= 4 is 40.5 Å². The molecule has 3 aromatic carbocycles. The summed E-state index contributed by atoms with van der Waals surface area (Å²) in [7, 11) is 1.70. The molecular formula is C22H18FN3O2S. The Bertz CT molecular complexity index is 1040. The van der Waals surface area contributed by atoms with Crippen LogP contribution in [0, 0.1) is 5.82 Å². The average Bonchev–Trinajstić information content (AvgIpc) is 2.73. The van der Waals surface area contributed by atoms with Gasteiger partial charge >= 0.3 is 0 Å². The summed E-state index contributed by atoms with van der Waals surface area (Å²) in [6.07, 6.45) is 0. The van der Waals surface area contributed by atoms with Crippen LogP contribution in [0.4, 0.5) is 15.8 Å². The van der Waals surface area contributed by atoms with Crippen molar-refractivity contribution in [2.75, 3.05) is 17.3 Å². The first-order valence-corrected chi connectivity index (χ1v) is 9.16. The minimum Gasteiger partial charge on any atom is -0.332 e. The van der Waals surface area contributed by atoms with Crippen LogP contribution >= 0.6 is 12.2 Å². The van der Waals surface area contributed by atoms with E-state index in [9.17, 15) is 14.0 Å². The molecule has 0 aliphatic heterocycles. The van der Waals surface area contributed by atoms with Crippen LogP contribution in [-0.2, 0) is 0 Å². The Morgan fingerprint density at radius 1 is 0.897 bits per heavy atom. The number of thiocarbonyl (C=S) groups is 1. The molecule has 3 aromatic rings. The molecule has 5 nitrogen and oxygen atoms in total. The Morgan fingerprint density at radius 2 is 1.59 bits per heavy atom. The average molecular weight is 407 g/mol. The predicted octanol–water partition coefficient (Wildman–Crippen LogP) is 4.23. The molecule has 0 saturated carbocycles. The van der Waals surface area contributed by atoms with Gasteiger partial charge in [-0.2, -0.15) is 0 Å². The highest BCUT2D eigenvalue weighted by molar-refractivity contribution is 7.80. The van der Waals surface area contributed by atoms with Crippen molar-refractivity contribution in [3.05, 3.63) is 95.8 Å². The van der Waals surface area contributed by atoms with Gasteiger partial charge in [-0.1, -0.05) is 24.3 Å². The van der Waals surface area contributed by atoms with Crippen LogP contribution in [0.5, 0.6) is 0 Å². The lowest BCUT2D eigenvalue weighted by Crippen LogP contribution is -2.34. The Hall–Kier alpha value is -3.58. The van der Waals surface area contributed by atoms with Crippen LogP contribution in [0.25, 0.3) is 0 Å². The molecular weight excluding hydrogens is 389 g/mol. The van der Waals surface area contributed by atoms with Crippen molar-refractivity contribution in [3.63, 3.8) is 0 Å². The van der Waals surface area contributed by atoms with Crippen LogP contribution in [0.1, 0.15) is 20.7 Å². The minimum atomic E-state index is -0.460. The number of para-hydroxylation sites is 1. The van der Waals surface area contributed by atoms with Gasteiger partial charge in [0.2, 0.25) is 0 Å². The lowest BCUT2D eigenvalue weighted by molar-refractivity contribution is 0.0974. The van der Waals surface area contributed by atoms with Crippen molar-refractivity contribution in [2.24, 2.45) is 0 Å². The van der Waals surface area contributed by atoms with E-state index in [1.165, 1.54) is 24.3 Å². The maximum Gasteiger partial charge on any atom is 0.258 e. The number of carbonyl (C=O) groups is 2. The minimum absolute atomic E-state index is 0.0698. The molecule has 146 valence electrons. The van der Waals surface area contributed by atoms with Crippen LogP contribution in [0.2, 0.25) is 0 Å². The summed E-state index contributed by atoms with van der Waals surface area (Å²) in [5.41, 5.74) is 2.08. The maximum atomic E-state index is 13.0. The second-order valence-electron chi connectivity index (χ2n) is 6.20. The third-order valence-electron chi connectivity index (χ3n) is 4.15. The monoisotopic (exact) mass is 407 g/mol. The van der Waals surface area contributed by atoms with Crippen LogP contribution in [0.15, 0.2) is 78.9 Å². The summed E-state index contributed by atoms with van der Waals surface area (Å²) in [5, 5.41) is 5.48. The third kappa shape index (κ3) is 5.24. The number of amides is 2. The van der Waals surface area contributed by atoms with Crippen molar-refractivity contribution < 1.29 is 14.0 Å². The molecule has 0 radical (unpaired) electrons. The first-order valence-electron chi connectivity index (χ1n) is 8.75. The zero-order valence-corrected chi connectivity index (χ0v) is 16.4. The molecule has 0 atom stereocenters. The number of nitrogens with one attached hydrogen (secondary N) is 2. The van der Waals surface area contributed by atoms with Gasteiger partial charge in [0.25, 0.3) is 11.8 Å². The first-order chi connectivity index (χ1) is 13.9. The van der Waals surface area contributed by atoms with Gasteiger partial charge in [-0.15, -0.1) is 0 Å². The van der Waals surface area contributed by atoms with Gasteiger partial charge in [0.15, 0.2) is 5.11 Å². The zero-order chi connectivity index (χ0) is 20.8. The van der Waals surface area contributed by atoms with E-state index in [0.29, 0.717) is 11.3 Å². The largest absolute Gasteiger partial charge is 0.332 e. The fraction of sp³-hybridized carbons (Fsp3) is 0.0455. The topological polar surface area (TPSA) is 61.4 Å². The summed E-state index contributed by atoms with van der Waals surface area (Å²) >= 11 is 5.16. The molecule has 0 bridgehead atoms. The fourth-order valence-corrected chi connectivity index (χ4v) is 2.84. The highest BCUT2D eigenvalue weighted by atomic mass is 32.1. The molecule has 0 aliphatic carbocycles. The van der Waals surface area contributed by atoms with Gasteiger partial charge in [-0.3, -0.25) is 14.9 Å². The highest BCUT2D eigenvalue weighted by Gasteiger charge is 2.14. The lowest BCUT2D eigenvalue weighted by Gasteiger charge is -2.18. The Kier molecular flexibility index (Phi) is 6.31. The SMILES string of the molecule is CN(C(=O)c1cccc(NC(=S)NC(=O)c2ccc(F)cc2)c1)c1ccccc1. The molecule has 2 N–H and O–H groups in total. The summed E-state index contributed by atoms with van der Waals surface area (Å²) < 4.78 is 13.0. The van der Waals surface area contributed by atoms with Crippen LogP contribution in [0.3, 0.4) is 0 Å². The molecule has 3 rings (SSSR count). The smallest absolute Gasteiger partial charge is 0.258 e. The second-order valence-corrected chi connectivity index (χ2v) is 6.60. The Labute approximate surface area is 173 Å². The molecule has 0 saturated heterocycles. The molecule has 0 spiro atoms. The Balaban J connectivity index is 1.66. The van der Waals surface area contributed by atoms with Crippen molar-refractivity contribution in [1.82, 2.24) is 5.32 Å². The quantitative estimate of drug-likeness (QED) is 0.636. The fourth-order valence-electron chi connectivity index (χ4n) is 2.63. The molecule has 0 heterocycles. The number of benzene rings is 3. The number of hydrogen-bond acceptors (Lipinski definition) is 3. The van der Waals surface area contributed by atoms with E-state index < -0.39 is 11.7 Å². The van der Waals surface area contributed by atoms with Gasteiger partial charge in [0.1, 0.15) is 5.82 Å². The molecule has 0 unspecified atom stereocenters. The molecule has 0 aromatic heterocycles. The highest BCUT2D eigenvalue weighted by Crippen LogP contribution is 2.17. The number of nitrogens with zero attached hydrogens (tertiary/aromatic N) is 1. The van der Waals surface area contributed by atoms with E-state index in [0.717, 1.165) is 5.69 Å². The van der Waals surface area contributed by atoms with E-state index >= 15 is 0 Å². The van der Waals surface area contributed by atoms with Gasteiger partial charge in [0, 0.05) is 29.5 Å². The molecule has 29 heavy (non-hydrogen) atoms. The normalized spacial score (nSPS) is 10.1. The summed E-state index contributed by atoms with van der Waals surface area (Å²) in [4.78, 5) is 26.4. The second kappa shape index (κ2) is 9.07. The van der Waals surface area contributed by atoms with Gasteiger partial charge in [-0.05, 0) is 66.8 Å². The molecule has 0 fully saturated rings. The summed E-state index contributed by atoms with van der Waals surface area (Å²) in [6.45, 7) is 0. The third-order valence-corrected chi connectivity index (χ3v) is 4.35. The number of halogens is 1. The van der Waals surface area contributed by atoms with Crippen molar-refractivity contribution in [3.8, 4) is 0 Å². The lowest BCUT2D eigenvalue weighted by atomic mass is 10.1. The van der Waals surface area contributed by atoms with E-state index in [2.05, 4.69) is 10.6 Å². The number of carbonyl (C=O) groups excluding carboxylic acids is 2. The summed E-state index contributed by atoms with van der Waals surface area (Å²) in [6, 6.07) is 21.2.